The van der Waals surface area contributed by atoms with Gasteiger partial charge in [0.25, 0.3) is 5.82 Å². The first-order valence-electron chi connectivity index (χ1n) is 9.23. The van der Waals surface area contributed by atoms with E-state index in [-0.39, 0.29) is 17.0 Å². The maximum absolute atomic E-state index is 5.62. The normalized spacial score (nSPS) is 13.3. The van der Waals surface area contributed by atoms with Crippen LogP contribution in [0.25, 0.3) is 16.9 Å². The number of imidazole rings is 1. The number of nitrogens with zero attached hydrogens (tertiary/aromatic N) is 2. The molecule has 27 heavy (non-hydrogen) atoms. The first-order valence-corrected chi connectivity index (χ1v) is 9.23. The van der Waals surface area contributed by atoms with Gasteiger partial charge in [-0.05, 0) is 55.7 Å². The van der Waals surface area contributed by atoms with Crippen LogP contribution in [0.3, 0.4) is 0 Å². The Balaban J connectivity index is 0.00000210. The van der Waals surface area contributed by atoms with Crippen molar-refractivity contribution >= 4 is 0 Å². The SMILES string of the molecule is COc1ccc(-c2c[n+](-c3ccccc3OC)c3n2CCCCC3)cc1.[Br-]. The Morgan fingerprint density at radius 1 is 0.889 bits per heavy atom. The van der Waals surface area contributed by atoms with E-state index in [2.05, 4.69) is 39.6 Å². The van der Waals surface area contributed by atoms with Crippen molar-refractivity contribution in [2.45, 2.75) is 32.2 Å². The molecule has 0 amide bonds. The van der Waals surface area contributed by atoms with E-state index in [0.717, 1.165) is 30.2 Å². The van der Waals surface area contributed by atoms with Gasteiger partial charge < -0.3 is 26.5 Å². The molecule has 142 valence electrons. The highest BCUT2D eigenvalue weighted by Gasteiger charge is 2.28. The number of aromatic nitrogens is 2. The third kappa shape index (κ3) is 3.74. The van der Waals surface area contributed by atoms with Gasteiger partial charge in [-0.25, -0.2) is 4.57 Å². The molecule has 0 atom stereocenters. The number of benzene rings is 2. The zero-order valence-electron chi connectivity index (χ0n) is 15.8. The van der Waals surface area contributed by atoms with Gasteiger partial charge in [-0.15, -0.1) is 0 Å². The van der Waals surface area contributed by atoms with E-state index in [1.165, 1.54) is 36.3 Å². The van der Waals surface area contributed by atoms with Crippen LogP contribution in [-0.2, 0) is 13.0 Å². The second-order valence-corrected chi connectivity index (χ2v) is 6.66. The van der Waals surface area contributed by atoms with Crippen LogP contribution in [0.4, 0.5) is 0 Å². The molecular formula is C22H25BrN2O2. The number of para-hydroxylation sites is 2. The van der Waals surface area contributed by atoms with Crippen LogP contribution in [0.5, 0.6) is 11.5 Å². The Bertz CT molecular complexity index is 903. The fourth-order valence-electron chi connectivity index (χ4n) is 3.80. The summed E-state index contributed by atoms with van der Waals surface area (Å²) in [6.45, 7) is 1.05. The minimum atomic E-state index is 0. The number of fused-ring (bicyclic) bond motifs is 1. The Kier molecular flexibility index (Phi) is 6.22. The van der Waals surface area contributed by atoms with E-state index in [4.69, 9.17) is 9.47 Å². The Morgan fingerprint density at radius 2 is 1.67 bits per heavy atom. The molecule has 0 N–H and O–H groups in total. The third-order valence-corrected chi connectivity index (χ3v) is 5.14. The van der Waals surface area contributed by atoms with Gasteiger partial charge >= 0.3 is 0 Å². The van der Waals surface area contributed by atoms with Gasteiger partial charge in [-0.1, -0.05) is 12.1 Å². The minimum Gasteiger partial charge on any atom is -1.00 e. The topological polar surface area (TPSA) is 27.3 Å². The maximum atomic E-state index is 5.62. The summed E-state index contributed by atoms with van der Waals surface area (Å²) in [6, 6.07) is 16.6. The lowest BCUT2D eigenvalue weighted by Crippen LogP contribution is -3.00. The molecular weight excluding hydrogens is 404 g/mol. The van der Waals surface area contributed by atoms with Crippen molar-refractivity contribution < 1.29 is 31.0 Å². The summed E-state index contributed by atoms with van der Waals surface area (Å²) in [7, 11) is 3.44. The molecule has 0 bridgehead atoms. The zero-order valence-corrected chi connectivity index (χ0v) is 17.4. The van der Waals surface area contributed by atoms with Crippen molar-refractivity contribution in [2.75, 3.05) is 14.2 Å². The van der Waals surface area contributed by atoms with Crippen molar-refractivity contribution in [3.05, 3.63) is 60.6 Å². The molecule has 1 aliphatic rings. The van der Waals surface area contributed by atoms with Crippen molar-refractivity contribution in [3.63, 3.8) is 0 Å². The Morgan fingerprint density at radius 3 is 2.41 bits per heavy atom. The molecule has 3 aromatic rings. The predicted molar refractivity (Wildman–Crippen MR) is 102 cm³/mol. The summed E-state index contributed by atoms with van der Waals surface area (Å²) in [6.07, 6.45) is 7.04. The van der Waals surface area contributed by atoms with Gasteiger partial charge in [0.05, 0.1) is 20.8 Å². The molecule has 2 aromatic carbocycles. The van der Waals surface area contributed by atoms with Crippen molar-refractivity contribution in [1.82, 2.24) is 4.57 Å². The van der Waals surface area contributed by atoms with E-state index >= 15 is 0 Å². The highest BCUT2D eigenvalue weighted by molar-refractivity contribution is 5.60. The predicted octanol–water partition coefficient (Wildman–Crippen LogP) is 1.18. The molecule has 4 rings (SSSR count). The van der Waals surface area contributed by atoms with Gasteiger partial charge in [0, 0.05) is 12.0 Å². The van der Waals surface area contributed by atoms with Crippen molar-refractivity contribution in [3.8, 4) is 28.4 Å². The summed E-state index contributed by atoms with van der Waals surface area (Å²) < 4.78 is 15.7. The largest absolute Gasteiger partial charge is 1.00 e. The van der Waals surface area contributed by atoms with Crippen molar-refractivity contribution in [1.29, 1.82) is 0 Å². The van der Waals surface area contributed by atoms with Gasteiger partial charge in [0.15, 0.2) is 17.1 Å². The van der Waals surface area contributed by atoms with Gasteiger partial charge in [-0.3, -0.25) is 0 Å². The van der Waals surface area contributed by atoms with E-state index in [0.29, 0.717) is 0 Å². The van der Waals surface area contributed by atoms with E-state index in [1.807, 2.05) is 24.3 Å². The maximum Gasteiger partial charge on any atom is 0.262 e. The number of ether oxygens (including phenoxy) is 2. The molecule has 0 radical (unpaired) electrons. The van der Waals surface area contributed by atoms with Gasteiger partial charge in [0.2, 0.25) is 0 Å². The van der Waals surface area contributed by atoms with Crippen LogP contribution in [0.15, 0.2) is 54.7 Å². The average Bonchev–Trinajstić information content (AvgIpc) is 2.88. The van der Waals surface area contributed by atoms with E-state index in [1.54, 1.807) is 14.2 Å². The summed E-state index contributed by atoms with van der Waals surface area (Å²) in [4.78, 5) is 0. The zero-order chi connectivity index (χ0) is 17.9. The number of rotatable bonds is 4. The fourth-order valence-corrected chi connectivity index (χ4v) is 3.80. The molecule has 0 fully saturated rings. The van der Waals surface area contributed by atoms with Crippen LogP contribution < -0.4 is 31.0 Å². The lowest BCUT2D eigenvalue weighted by Gasteiger charge is -2.06. The highest BCUT2D eigenvalue weighted by atomic mass is 79.9. The minimum absolute atomic E-state index is 0. The number of methoxy groups -OCH3 is 2. The first kappa shape index (κ1) is 19.5. The molecule has 4 nitrogen and oxygen atoms in total. The van der Waals surface area contributed by atoms with E-state index < -0.39 is 0 Å². The third-order valence-electron chi connectivity index (χ3n) is 5.14. The number of hydrogen-bond donors (Lipinski definition) is 0. The molecule has 0 spiro atoms. The summed E-state index contributed by atoms with van der Waals surface area (Å²) >= 11 is 0. The van der Waals surface area contributed by atoms with Crippen LogP contribution in [-0.4, -0.2) is 18.8 Å². The second kappa shape index (κ2) is 8.61. The molecule has 0 saturated heterocycles. The summed E-state index contributed by atoms with van der Waals surface area (Å²) in [5.74, 6) is 3.13. The summed E-state index contributed by atoms with van der Waals surface area (Å²) in [5, 5.41) is 0. The lowest BCUT2D eigenvalue weighted by molar-refractivity contribution is -0.604. The molecule has 1 aliphatic heterocycles. The Labute approximate surface area is 171 Å². The monoisotopic (exact) mass is 428 g/mol. The molecule has 1 aromatic heterocycles. The average molecular weight is 429 g/mol. The van der Waals surface area contributed by atoms with Gasteiger partial charge in [0.1, 0.15) is 11.9 Å². The fraction of sp³-hybridized carbons (Fsp3) is 0.318. The highest BCUT2D eigenvalue weighted by Crippen LogP contribution is 2.28. The van der Waals surface area contributed by atoms with Crippen molar-refractivity contribution in [2.24, 2.45) is 0 Å². The van der Waals surface area contributed by atoms with Crippen LogP contribution >= 0.6 is 0 Å². The number of halogens is 1. The van der Waals surface area contributed by atoms with Gasteiger partial charge in [-0.2, -0.15) is 4.57 Å². The Hall–Kier alpha value is -2.27. The van der Waals surface area contributed by atoms with Crippen LogP contribution in [0.1, 0.15) is 25.1 Å². The molecule has 5 heteroatoms. The lowest BCUT2D eigenvalue weighted by atomic mass is 10.1. The standard InChI is InChI=1S/C22H25N2O2.BrH/c1-25-18-13-11-17(12-14-18)20-16-24(19-8-5-6-9-21(19)26-2)22-10-4-3-7-15-23(20)22;/h5-6,8-9,11-14,16H,3-4,7,10,15H2,1-2H3;1H/q+1;/p-1. The van der Waals surface area contributed by atoms with Crippen LogP contribution in [0.2, 0.25) is 0 Å². The van der Waals surface area contributed by atoms with Crippen LogP contribution in [0, 0.1) is 0 Å². The first-order chi connectivity index (χ1) is 12.8. The number of hydrogen-bond acceptors (Lipinski definition) is 2. The molecule has 0 saturated carbocycles. The molecule has 2 heterocycles. The molecule has 0 unspecified atom stereocenters. The molecule has 0 aliphatic carbocycles. The smallest absolute Gasteiger partial charge is 0.262 e. The summed E-state index contributed by atoms with van der Waals surface area (Å²) in [5.41, 5.74) is 3.55. The quantitative estimate of drug-likeness (QED) is 0.583. The van der Waals surface area contributed by atoms with E-state index in [9.17, 15) is 0 Å². The second-order valence-electron chi connectivity index (χ2n) is 6.66.